The van der Waals surface area contributed by atoms with Crippen molar-refractivity contribution in [2.24, 2.45) is 0 Å². The lowest BCUT2D eigenvalue weighted by Crippen LogP contribution is -2.34. The highest BCUT2D eigenvalue weighted by molar-refractivity contribution is 5.31. The van der Waals surface area contributed by atoms with E-state index in [0.29, 0.717) is 5.92 Å². The molecule has 2 aromatic rings. The summed E-state index contributed by atoms with van der Waals surface area (Å²) in [5.74, 6) is 1.41. The van der Waals surface area contributed by atoms with Crippen LogP contribution in [0, 0.1) is 6.92 Å². The van der Waals surface area contributed by atoms with Crippen LogP contribution in [0.3, 0.4) is 0 Å². The van der Waals surface area contributed by atoms with Crippen LogP contribution >= 0.6 is 0 Å². The van der Waals surface area contributed by atoms with E-state index in [2.05, 4.69) is 49.1 Å². The zero-order chi connectivity index (χ0) is 16.2. The fourth-order valence-electron chi connectivity index (χ4n) is 3.53. The van der Waals surface area contributed by atoms with E-state index in [0.717, 1.165) is 31.9 Å². The van der Waals surface area contributed by atoms with Gasteiger partial charge in [-0.25, -0.2) is 9.97 Å². The molecule has 0 amide bonds. The van der Waals surface area contributed by atoms with E-state index >= 15 is 0 Å². The predicted molar refractivity (Wildman–Crippen MR) is 94.4 cm³/mol. The number of hydrogen-bond donors (Lipinski definition) is 0. The molecule has 3 nitrogen and oxygen atoms in total. The third kappa shape index (κ3) is 3.78. The van der Waals surface area contributed by atoms with E-state index in [1.54, 1.807) is 0 Å². The lowest BCUT2D eigenvalue weighted by atomic mass is 9.93. The molecule has 0 saturated carbocycles. The molecule has 1 unspecified atom stereocenters. The van der Waals surface area contributed by atoms with Crippen molar-refractivity contribution in [1.29, 1.82) is 0 Å². The monoisotopic (exact) mass is 309 g/mol. The van der Waals surface area contributed by atoms with Gasteiger partial charge < -0.3 is 0 Å². The van der Waals surface area contributed by atoms with Crippen LogP contribution in [0.4, 0.5) is 0 Å². The first kappa shape index (κ1) is 16.1. The van der Waals surface area contributed by atoms with E-state index in [-0.39, 0.29) is 0 Å². The Hall–Kier alpha value is -1.74. The van der Waals surface area contributed by atoms with Gasteiger partial charge in [0.1, 0.15) is 5.82 Å². The minimum atomic E-state index is 0.476. The van der Waals surface area contributed by atoms with Crippen LogP contribution in [0.15, 0.2) is 30.3 Å². The molecule has 0 saturated heterocycles. The highest BCUT2D eigenvalue weighted by Gasteiger charge is 2.26. The first-order chi connectivity index (χ1) is 11.2. The summed E-state index contributed by atoms with van der Waals surface area (Å²) in [6, 6.07) is 10.7. The van der Waals surface area contributed by atoms with Crippen LogP contribution in [-0.2, 0) is 19.5 Å². The predicted octanol–water partition coefficient (Wildman–Crippen LogP) is 4.25. The van der Waals surface area contributed by atoms with Gasteiger partial charge in [-0.1, -0.05) is 50.6 Å². The number of aromatic nitrogens is 2. The molecule has 1 aliphatic heterocycles. The number of unbranched alkanes of at least 4 members (excludes halogenated alkanes) is 1. The summed E-state index contributed by atoms with van der Waals surface area (Å²) in [5.41, 5.74) is 5.33. The third-order valence-electron chi connectivity index (χ3n) is 4.63. The molecule has 1 atom stereocenters. The van der Waals surface area contributed by atoms with Crippen LogP contribution in [0.1, 0.15) is 60.9 Å². The van der Waals surface area contributed by atoms with Crippen molar-refractivity contribution in [2.45, 2.75) is 59.0 Å². The van der Waals surface area contributed by atoms with Gasteiger partial charge in [0.25, 0.3) is 0 Å². The Morgan fingerprint density at radius 1 is 1.17 bits per heavy atom. The zero-order valence-electron chi connectivity index (χ0n) is 14.5. The van der Waals surface area contributed by atoms with Gasteiger partial charge in [0.05, 0.1) is 5.69 Å². The largest absolute Gasteiger partial charge is 0.294 e. The fraction of sp³-hybridized carbons (Fsp3) is 0.500. The Bertz CT molecular complexity index is 651. The van der Waals surface area contributed by atoms with Crippen LogP contribution in [0.2, 0.25) is 0 Å². The first-order valence-electron chi connectivity index (χ1n) is 8.80. The minimum Gasteiger partial charge on any atom is -0.294 e. The third-order valence-corrected chi connectivity index (χ3v) is 4.63. The van der Waals surface area contributed by atoms with E-state index in [1.165, 1.54) is 35.4 Å². The van der Waals surface area contributed by atoms with Crippen LogP contribution < -0.4 is 0 Å². The Morgan fingerprint density at radius 2 is 1.96 bits per heavy atom. The Balaban J connectivity index is 1.85. The van der Waals surface area contributed by atoms with Gasteiger partial charge in [-0.05, 0) is 25.3 Å². The van der Waals surface area contributed by atoms with Crippen molar-refractivity contribution in [2.75, 3.05) is 6.54 Å². The zero-order valence-corrected chi connectivity index (χ0v) is 14.5. The molecule has 23 heavy (non-hydrogen) atoms. The summed E-state index contributed by atoms with van der Waals surface area (Å²) in [6.45, 7) is 9.63. The number of benzene rings is 1. The maximum atomic E-state index is 4.77. The maximum Gasteiger partial charge on any atom is 0.125 e. The van der Waals surface area contributed by atoms with Gasteiger partial charge in [0.15, 0.2) is 0 Å². The molecule has 0 fully saturated rings. The van der Waals surface area contributed by atoms with Crippen LogP contribution in [0.25, 0.3) is 0 Å². The van der Waals surface area contributed by atoms with Crippen molar-refractivity contribution in [3.63, 3.8) is 0 Å². The van der Waals surface area contributed by atoms with E-state index in [4.69, 9.17) is 9.97 Å². The highest BCUT2D eigenvalue weighted by Crippen LogP contribution is 2.30. The molecule has 1 aromatic heterocycles. The molecule has 1 aliphatic rings. The van der Waals surface area contributed by atoms with Crippen molar-refractivity contribution in [1.82, 2.24) is 14.9 Å². The summed E-state index contributed by atoms with van der Waals surface area (Å²) in [5, 5.41) is 0. The number of hydrogen-bond acceptors (Lipinski definition) is 3. The van der Waals surface area contributed by atoms with Gasteiger partial charge in [-0.15, -0.1) is 0 Å². The molecule has 122 valence electrons. The van der Waals surface area contributed by atoms with E-state index < -0.39 is 0 Å². The normalized spacial score (nSPS) is 18.0. The molecule has 0 radical (unpaired) electrons. The molecule has 0 aliphatic carbocycles. The van der Waals surface area contributed by atoms with Crippen molar-refractivity contribution in [3.8, 4) is 0 Å². The maximum absolute atomic E-state index is 4.77. The van der Waals surface area contributed by atoms with Crippen LogP contribution in [-0.4, -0.2) is 21.4 Å². The highest BCUT2D eigenvalue weighted by atomic mass is 15.1. The van der Waals surface area contributed by atoms with Crippen molar-refractivity contribution < 1.29 is 0 Å². The molecular weight excluding hydrogens is 282 g/mol. The summed E-state index contributed by atoms with van der Waals surface area (Å²) in [6.07, 6.45) is 3.49. The van der Waals surface area contributed by atoms with Gasteiger partial charge in [-0.2, -0.15) is 0 Å². The van der Waals surface area contributed by atoms with Gasteiger partial charge in [0.2, 0.25) is 0 Å². The molecule has 0 spiro atoms. The summed E-state index contributed by atoms with van der Waals surface area (Å²) >= 11 is 0. The Morgan fingerprint density at radius 3 is 2.70 bits per heavy atom. The summed E-state index contributed by atoms with van der Waals surface area (Å²) in [4.78, 5) is 12.1. The van der Waals surface area contributed by atoms with Gasteiger partial charge in [0, 0.05) is 36.8 Å². The number of rotatable bonds is 5. The molecule has 0 N–H and O–H groups in total. The summed E-state index contributed by atoms with van der Waals surface area (Å²) in [7, 11) is 0. The minimum absolute atomic E-state index is 0.476. The molecular formula is C20H27N3. The number of fused-ring (bicyclic) bond motifs is 1. The Kier molecular flexibility index (Phi) is 5.06. The standard InChI is InChI=1S/C20H27N3/c1-4-5-11-19-18-14-23(13-17-9-7-6-8-10-17)12-15(2)20(18)22-16(3)21-19/h6-10,15H,4-5,11-14H2,1-3H3. The topological polar surface area (TPSA) is 29.0 Å². The average molecular weight is 309 g/mol. The van der Waals surface area contributed by atoms with E-state index in [1.807, 2.05) is 6.92 Å². The van der Waals surface area contributed by atoms with Crippen molar-refractivity contribution >= 4 is 0 Å². The molecule has 1 aromatic carbocycles. The molecule has 0 bridgehead atoms. The smallest absolute Gasteiger partial charge is 0.125 e. The average Bonchev–Trinajstić information content (AvgIpc) is 2.54. The lowest BCUT2D eigenvalue weighted by Gasteiger charge is -2.33. The van der Waals surface area contributed by atoms with Gasteiger partial charge in [-0.3, -0.25) is 4.90 Å². The summed E-state index contributed by atoms with van der Waals surface area (Å²) < 4.78 is 0. The number of aryl methyl sites for hydroxylation is 2. The Labute approximate surface area is 139 Å². The quantitative estimate of drug-likeness (QED) is 0.827. The van der Waals surface area contributed by atoms with Crippen LogP contribution in [0.5, 0.6) is 0 Å². The molecule has 3 rings (SSSR count). The van der Waals surface area contributed by atoms with Gasteiger partial charge >= 0.3 is 0 Å². The SMILES string of the molecule is CCCCc1nc(C)nc2c1CN(Cc1ccccc1)CC2C. The first-order valence-corrected chi connectivity index (χ1v) is 8.80. The van der Waals surface area contributed by atoms with E-state index in [9.17, 15) is 0 Å². The molecule has 2 heterocycles. The second kappa shape index (κ2) is 7.22. The van der Waals surface area contributed by atoms with Crippen molar-refractivity contribution in [3.05, 3.63) is 58.7 Å². The lowest BCUT2D eigenvalue weighted by molar-refractivity contribution is 0.222. The fourth-order valence-corrected chi connectivity index (χ4v) is 3.53. The molecule has 3 heteroatoms. The number of nitrogens with zero attached hydrogens (tertiary/aromatic N) is 3. The second-order valence-electron chi connectivity index (χ2n) is 6.74. The second-order valence-corrected chi connectivity index (χ2v) is 6.74.